The zero-order valence-corrected chi connectivity index (χ0v) is 15.9. The van der Waals surface area contributed by atoms with E-state index < -0.39 is 0 Å². The smallest absolute Gasteiger partial charge is 0.153 e. The number of thiocarbonyl (C=S) groups is 3. The van der Waals surface area contributed by atoms with Gasteiger partial charge in [0.1, 0.15) is 0 Å². The first kappa shape index (κ1) is 27.4. The van der Waals surface area contributed by atoms with Crippen molar-refractivity contribution in [3.63, 3.8) is 0 Å². The van der Waals surface area contributed by atoms with E-state index in [1.807, 2.05) is 0 Å². The molecule has 0 bridgehead atoms. The Morgan fingerprint density at radius 1 is 1.05 bits per heavy atom. The van der Waals surface area contributed by atoms with Gasteiger partial charge in [-0.2, -0.15) is 0 Å². The van der Waals surface area contributed by atoms with Crippen LogP contribution in [0, 0.1) is 0 Å². The molecule has 0 aliphatic carbocycles. The topological polar surface area (TPSA) is 72.5 Å². The molecule has 3 radical (unpaired) electrons. The van der Waals surface area contributed by atoms with Gasteiger partial charge < -0.3 is 0 Å². The van der Waals surface area contributed by atoms with Crippen molar-refractivity contribution in [1.29, 1.82) is 0 Å². The molecule has 0 fully saturated rings. The van der Waals surface area contributed by atoms with Crippen LogP contribution in [0.15, 0.2) is 0 Å². The van der Waals surface area contributed by atoms with Gasteiger partial charge in [0, 0.05) is 16.1 Å². The third kappa shape index (κ3) is 72.0. The minimum Gasteiger partial charge on any atom is -0.298 e. The van der Waals surface area contributed by atoms with E-state index in [1.54, 1.807) is 7.11 Å². The van der Waals surface area contributed by atoms with Crippen molar-refractivity contribution in [2.45, 2.75) is 11.2 Å². The normalized spacial score (nSPS) is 8.37. The zero-order valence-electron chi connectivity index (χ0n) is 10.6. The molecule has 19 heavy (non-hydrogen) atoms. The maximum atomic E-state index is 9.01. The van der Waals surface area contributed by atoms with E-state index in [9.17, 15) is 0 Å². The van der Waals surface area contributed by atoms with Crippen molar-refractivity contribution in [1.82, 2.24) is 5.32 Å². The number of hydrogen-bond donors (Lipinski definition) is 1. The summed E-state index contributed by atoms with van der Waals surface area (Å²) in [5.74, 6) is 0. The Balaban J connectivity index is -0.0000000825. The van der Waals surface area contributed by atoms with Gasteiger partial charge in [0.25, 0.3) is 0 Å². The Morgan fingerprint density at radius 2 is 1.32 bits per heavy atom. The van der Waals surface area contributed by atoms with Crippen molar-refractivity contribution in [3.8, 4) is 0 Å². The van der Waals surface area contributed by atoms with E-state index in [0.29, 0.717) is 18.9 Å². The van der Waals surface area contributed by atoms with Gasteiger partial charge in [0.2, 0.25) is 0 Å². The SMILES string of the molecule is CCN[CH]([Sn])OC.O=CC=S.O=CC=S.O=CC=S. The molecule has 0 heterocycles. The largest absolute Gasteiger partial charge is 0.298 e. The number of rotatable bonds is 6. The first-order valence-electron chi connectivity index (χ1n) is 4.70. The molecule has 0 saturated heterocycles. The monoisotopic (exact) mass is 430 g/mol. The van der Waals surface area contributed by atoms with Crippen molar-refractivity contribution in [3.05, 3.63) is 0 Å². The third-order valence-electron chi connectivity index (χ3n) is 0.792. The van der Waals surface area contributed by atoms with Gasteiger partial charge in [0.15, 0.2) is 18.9 Å². The summed E-state index contributed by atoms with van der Waals surface area (Å²) in [5, 5.41) is 6.20. The minimum atomic E-state index is 0.289. The molecule has 107 valence electrons. The summed E-state index contributed by atoms with van der Waals surface area (Å²) in [5.41, 5.74) is 0. The fourth-order valence-electron chi connectivity index (χ4n) is 0.269. The van der Waals surface area contributed by atoms with Gasteiger partial charge in [-0.15, -0.1) is 0 Å². The van der Waals surface area contributed by atoms with E-state index >= 15 is 0 Å². The Labute approximate surface area is 142 Å². The van der Waals surface area contributed by atoms with Crippen molar-refractivity contribution < 1.29 is 19.1 Å². The number of nitrogens with one attached hydrogen (secondary N) is 1. The molecular formula is C10H16NO4S3Sn. The van der Waals surface area contributed by atoms with Gasteiger partial charge in [-0.25, -0.2) is 0 Å². The molecule has 0 aromatic rings. The Kier molecular flexibility index (Phi) is 52.0. The summed E-state index contributed by atoms with van der Waals surface area (Å²) in [7, 11) is 1.71. The number of carbonyl (C=O) groups is 3. The van der Waals surface area contributed by atoms with Crippen LogP contribution in [-0.2, 0) is 19.1 Å². The molecule has 0 aromatic carbocycles. The van der Waals surface area contributed by atoms with Crippen LogP contribution < -0.4 is 5.32 Å². The minimum absolute atomic E-state index is 0.289. The molecule has 9 heteroatoms. The molecule has 0 amide bonds. The van der Waals surface area contributed by atoms with E-state index in [1.165, 1.54) is 22.5 Å². The summed E-state index contributed by atoms with van der Waals surface area (Å²) >= 11 is 13.6. The van der Waals surface area contributed by atoms with Gasteiger partial charge in [-0.05, 0) is 0 Å². The number of aldehydes is 3. The summed E-state index contributed by atoms with van der Waals surface area (Å²) < 4.78 is 5.21. The molecule has 5 nitrogen and oxygen atoms in total. The van der Waals surface area contributed by atoms with Gasteiger partial charge in [0.05, 0.1) is 0 Å². The fraction of sp³-hybridized carbons (Fsp3) is 0.400. The second-order valence-electron chi connectivity index (χ2n) is 1.99. The second-order valence-corrected chi connectivity index (χ2v) is 4.30. The Bertz CT molecular complexity index is 196. The molecule has 0 aliphatic heterocycles. The molecular weight excluding hydrogens is 413 g/mol. The average molecular weight is 429 g/mol. The van der Waals surface area contributed by atoms with Crippen LogP contribution in [0.2, 0.25) is 0 Å². The fourth-order valence-corrected chi connectivity index (χ4v) is 0.851. The average Bonchev–Trinajstić information content (AvgIpc) is 2.48. The molecule has 1 unspecified atom stereocenters. The number of hydrogen-bond acceptors (Lipinski definition) is 8. The summed E-state index contributed by atoms with van der Waals surface area (Å²) in [4.78, 5) is 27.0. The van der Waals surface area contributed by atoms with Crippen molar-refractivity contribution >= 4 is 94.1 Å². The van der Waals surface area contributed by atoms with Crippen LogP contribution in [-0.4, -0.2) is 75.4 Å². The Hall–Kier alpha value is -0.00130. The van der Waals surface area contributed by atoms with Crippen molar-refractivity contribution in [2.24, 2.45) is 0 Å². The Morgan fingerprint density at radius 3 is 1.37 bits per heavy atom. The first-order chi connectivity index (χ1) is 9.05. The molecule has 1 atom stereocenters. The van der Waals surface area contributed by atoms with Crippen molar-refractivity contribution in [2.75, 3.05) is 13.7 Å². The first-order valence-corrected chi connectivity index (χ1v) is 7.76. The molecule has 0 rings (SSSR count). The second kappa shape index (κ2) is 36.1. The predicted octanol–water partition coefficient (Wildman–Crippen LogP) is 0.249. The summed E-state index contributed by atoms with van der Waals surface area (Å²) in [6.45, 7) is 3.06. The summed E-state index contributed by atoms with van der Waals surface area (Å²) in [6.07, 6.45) is 1.69. The van der Waals surface area contributed by atoms with Gasteiger partial charge in [-0.3, -0.25) is 14.4 Å². The van der Waals surface area contributed by atoms with Crippen LogP contribution in [0.4, 0.5) is 0 Å². The number of ether oxygens (including phenoxy) is 1. The third-order valence-corrected chi connectivity index (χ3v) is 2.38. The van der Waals surface area contributed by atoms with E-state index in [0.717, 1.165) is 22.6 Å². The predicted molar refractivity (Wildman–Crippen MR) is 89.4 cm³/mol. The molecule has 0 aromatic heterocycles. The molecule has 0 aliphatic rings. The zero-order chi connectivity index (χ0) is 15.9. The molecule has 1 N–H and O–H groups in total. The maximum absolute atomic E-state index is 9.01. The van der Waals surface area contributed by atoms with Crippen LogP contribution in [0.3, 0.4) is 0 Å². The number of carbonyl (C=O) groups excluding carboxylic acids is 3. The summed E-state index contributed by atoms with van der Waals surface area (Å²) in [6, 6.07) is 0. The number of methoxy groups -OCH3 is 1. The van der Waals surface area contributed by atoms with Crippen LogP contribution in [0.5, 0.6) is 0 Å². The van der Waals surface area contributed by atoms with E-state index in [-0.39, 0.29) is 4.24 Å². The maximum Gasteiger partial charge on any atom is 0.153 e. The molecule has 0 saturated carbocycles. The quantitative estimate of drug-likeness (QED) is 0.279. The van der Waals surface area contributed by atoms with Gasteiger partial charge in [-0.1, -0.05) is 36.7 Å². The molecule has 0 spiro atoms. The van der Waals surface area contributed by atoms with Crippen LogP contribution >= 0.6 is 36.7 Å². The van der Waals surface area contributed by atoms with Crippen LogP contribution in [0.1, 0.15) is 6.92 Å². The van der Waals surface area contributed by atoms with Crippen LogP contribution in [0.25, 0.3) is 0 Å². The van der Waals surface area contributed by atoms with E-state index in [2.05, 4.69) is 48.9 Å². The van der Waals surface area contributed by atoms with Gasteiger partial charge >= 0.3 is 57.4 Å². The standard InChI is InChI=1S/C4H10NO.3C2H2OS.Sn/c1-3-5-4-6-2;3*3-1-2-4;/h4-5H,3H2,1-2H3;3*1-2H;. The van der Waals surface area contributed by atoms with E-state index in [4.69, 9.17) is 19.1 Å².